The molecule has 2 aromatic heterocycles. The number of imidazole rings is 1. The lowest BCUT2D eigenvalue weighted by atomic mass is 10.1. The predicted molar refractivity (Wildman–Crippen MR) is 86.6 cm³/mol. The number of pyridine rings is 1. The molecule has 0 spiro atoms. The fourth-order valence-electron chi connectivity index (χ4n) is 3.27. The van der Waals surface area contributed by atoms with Gasteiger partial charge in [-0.2, -0.15) is 0 Å². The number of nitrogens with zero attached hydrogens (tertiary/aromatic N) is 4. The second kappa shape index (κ2) is 6.07. The molecular formula is C17H24N4O. The molecule has 1 amide bonds. The Balaban J connectivity index is 1.90. The number of rotatable bonds is 4. The zero-order valence-corrected chi connectivity index (χ0v) is 13.6. The number of amides is 1. The third-order valence-corrected chi connectivity index (χ3v) is 4.34. The number of carbonyl (C=O) groups excluding carboxylic acids is 1. The molecule has 118 valence electrons. The van der Waals surface area contributed by atoms with Crippen LogP contribution in [0.25, 0.3) is 11.2 Å². The maximum Gasteiger partial charge on any atom is 0.225 e. The Kier molecular flexibility index (Phi) is 4.14. The quantitative estimate of drug-likeness (QED) is 0.872. The van der Waals surface area contributed by atoms with Crippen molar-refractivity contribution in [3.05, 3.63) is 24.2 Å². The second-order valence-corrected chi connectivity index (χ2v) is 6.39. The van der Waals surface area contributed by atoms with Crippen LogP contribution in [0.4, 0.5) is 0 Å². The van der Waals surface area contributed by atoms with Crippen LogP contribution in [0.1, 0.15) is 45.4 Å². The van der Waals surface area contributed by atoms with Crippen LogP contribution < -0.4 is 0 Å². The van der Waals surface area contributed by atoms with Crippen LogP contribution in [0.2, 0.25) is 0 Å². The number of hydrogen-bond acceptors (Lipinski definition) is 3. The van der Waals surface area contributed by atoms with Gasteiger partial charge >= 0.3 is 0 Å². The minimum Gasteiger partial charge on any atom is -0.342 e. The Morgan fingerprint density at radius 1 is 1.45 bits per heavy atom. The molecule has 0 N–H and O–H groups in total. The van der Waals surface area contributed by atoms with E-state index < -0.39 is 0 Å². The summed E-state index contributed by atoms with van der Waals surface area (Å²) in [6, 6.07) is 3.95. The van der Waals surface area contributed by atoms with E-state index >= 15 is 0 Å². The fourth-order valence-corrected chi connectivity index (χ4v) is 3.27. The van der Waals surface area contributed by atoms with Crippen molar-refractivity contribution >= 4 is 17.1 Å². The summed E-state index contributed by atoms with van der Waals surface area (Å²) in [5, 5.41) is 0. The average Bonchev–Trinajstić information content (AvgIpc) is 3.12. The molecule has 3 rings (SSSR count). The first-order chi connectivity index (χ1) is 10.6. The number of aromatic nitrogens is 3. The molecule has 22 heavy (non-hydrogen) atoms. The van der Waals surface area contributed by atoms with Gasteiger partial charge in [0.15, 0.2) is 5.65 Å². The second-order valence-electron chi connectivity index (χ2n) is 6.39. The average molecular weight is 300 g/mol. The predicted octanol–water partition coefficient (Wildman–Crippen LogP) is 2.81. The highest BCUT2D eigenvalue weighted by Crippen LogP contribution is 2.29. The SMILES string of the molecule is CCCn1c([C@@H]2CCN(C(=O)C(C)C)C2)nc2cccnc21. The van der Waals surface area contributed by atoms with Gasteiger partial charge in [0, 0.05) is 37.7 Å². The summed E-state index contributed by atoms with van der Waals surface area (Å²) in [6.07, 6.45) is 3.87. The number of hydrogen-bond donors (Lipinski definition) is 0. The van der Waals surface area contributed by atoms with Gasteiger partial charge in [-0.25, -0.2) is 9.97 Å². The summed E-state index contributed by atoms with van der Waals surface area (Å²) in [4.78, 5) is 23.5. The van der Waals surface area contributed by atoms with Gasteiger partial charge in [0.1, 0.15) is 11.3 Å². The topological polar surface area (TPSA) is 51.0 Å². The highest BCUT2D eigenvalue weighted by Gasteiger charge is 2.31. The molecular weight excluding hydrogens is 276 g/mol. The summed E-state index contributed by atoms with van der Waals surface area (Å²) < 4.78 is 2.24. The van der Waals surface area contributed by atoms with Crippen LogP contribution in [0, 0.1) is 5.92 Å². The Morgan fingerprint density at radius 2 is 2.27 bits per heavy atom. The summed E-state index contributed by atoms with van der Waals surface area (Å²) >= 11 is 0. The Bertz CT molecular complexity index is 676. The van der Waals surface area contributed by atoms with E-state index in [0.29, 0.717) is 5.92 Å². The lowest BCUT2D eigenvalue weighted by Crippen LogP contribution is -2.32. The Hall–Kier alpha value is -1.91. The van der Waals surface area contributed by atoms with Crippen molar-refractivity contribution in [1.82, 2.24) is 19.4 Å². The molecule has 1 aliphatic heterocycles. The van der Waals surface area contributed by atoms with Gasteiger partial charge in [0.25, 0.3) is 0 Å². The van der Waals surface area contributed by atoms with E-state index in [0.717, 1.165) is 49.5 Å². The highest BCUT2D eigenvalue weighted by atomic mass is 16.2. The lowest BCUT2D eigenvalue weighted by molar-refractivity contribution is -0.133. The van der Waals surface area contributed by atoms with E-state index in [2.05, 4.69) is 16.5 Å². The van der Waals surface area contributed by atoms with Gasteiger partial charge in [0.2, 0.25) is 5.91 Å². The highest BCUT2D eigenvalue weighted by molar-refractivity contribution is 5.78. The van der Waals surface area contributed by atoms with Crippen molar-refractivity contribution in [1.29, 1.82) is 0 Å². The molecule has 1 fully saturated rings. The van der Waals surface area contributed by atoms with Crippen molar-refractivity contribution in [3.63, 3.8) is 0 Å². The smallest absolute Gasteiger partial charge is 0.225 e. The van der Waals surface area contributed by atoms with Crippen LogP contribution in [0.15, 0.2) is 18.3 Å². The molecule has 0 aliphatic carbocycles. The van der Waals surface area contributed by atoms with E-state index in [1.165, 1.54) is 0 Å². The molecule has 0 aromatic carbocycles. The first-order valence-electron chi connectivity index (χ1n) is 8.21. The molecule has 1 aliphatic rings. The van der Waals surface area contributed by atoms with Crippen molar-refractivity contribution in [3.8, 4) is 0 Å². The first kappa shape index (κ1) is 15.0. The third-order valence-electron chi connectivity index (χ3n) is 4.34. The molecule has 0 radical (unpaired) electrons. The van der Waals surface area contributed by atoms with E-state index in [4.69, 9.17) is 4.98 Å². The molecule has 0 unspecified atom stereocenters. The summed E-state index contributed by atoms with van der Waals surface area (Å²) in [5.74, 6) is 1.73. The van der Waals surface area contributed by atoms with Crippen LogP contribution in [0.3, 0.4) is 0 Å². The lowest BCUT2D eigenvalue weighted by Gasteiger charge is -2.19. The van der Waals surface area contributed by atoms with Crippen LogP contribution in [0.5, 0.6) is 0 Å². The molecule has 5 nitrogen and oxygen atoms in total. The van der Waals surface area contributed by atoms with Crippen molar-refractivity contribution in [2.45, 2.75) is 46.1 Å². The van der Waals surface area contributed by atoms with E-state index in [-0.39, 0.29) is 11.8 Å². The van der Waals surface area contributed by atoms with E-state index in [1.54, 1.807) is 0 Å². The normalized spacial score (nSPS) is 18.5. The monoisotopic (exact) mass is 300 g/mol. The molecule has 3 heterocycles. The Morgan fingerprint density at radius 3 is 3.00 bits per heavy atom. The van der Waals surface area contributed by atoms with Gasteiger partial charge in [-0.1, -0.05) is 20.8 Å². The molecule has 1 saturated heterocycles. The Labute approximate surface area is 131 Å². The standard InChI is InChI=1S/C17H24N4O/c1-4-9-21-15(19-14-6-5-8-18-16(14)21)13-7-10-20(11-13)17(22)12(2)3/h5-6,8,12-13H,4,7,9-11H2,1-3H3/t13-/m1/s1. The summed E-state index contributed by atoms with van der Waals surface area (Å²) in [6.45, 7) is 8.64. The van der Waals surface area contributed by atoms with Gasteiger partial charge in [-0.15, -0.1) is 0 Å². The number of fused-ring (bicyclic) bond motifs is 1. The molecule has 0 saturated carbocycles. The van der Waals surface area contributed by atoms with Crippen LogP contribution >= 0.6 is 0 Å². The number of likely N-dealkylation sites (tertiary alicyclic amines) is 1. The largest absolute Gasteiger partial charge is 0.342 e. The van der Waals surface area contributed by atoms with Gasteiger partial charge in [-0.05, 0) is 25.0 Å². The van der Waals surface area contributed by atoms with Crippen LogP contribution in [-0.4, -0.2) is 38.4 Å². The van der Waals surface area contributed by atoms with Crippen molar-refractivity contribution in [2.75, 3.05) is 13.1 Å². The molecule has 0 bridgehead atoms. The first-order valence-corrected chi connectivity index (χ1v) is 8.21. The van der Waals surface area contributed by atoms with Crippen LogP contribution in [-0.2, 0) is 11.3 Å². The van der Waals surface area contributed by atoms with Crippen molar-refractivity contribution in [2.24, 2.45) is 5.92 Å². The van der Waals surface area contributed by atoms with Gasteiger partial charge in [0.05, 0.1) is 0 Å². The zero-order valence-electron chi connectivity index (χ0n) is 13.6. The van der Waals surface area contributed by atoms with Crippen molar-refractivity contribution < 1.29 is 4.79 Å². The van der Waals surface area contributed by atoms with E-state index in [9.17, 15) is 4.79 Å². The van der Waals surface area contributed by atoms with Gasteiger partial charge < -0.3 is 9.47 Å². The molecule has 1 atom stereocenters. The maximum atomic E-state index is 12.2. The number of carbonyl (C=O) groups is 1. The fraction of sp³-hybridized carbons (Fsp3) is 0.588. The van der Waals surface area contributed by atoms with Gasteiger partial charge in [-0.3, -0.25) is 4.79 Å². The third kappa shape index (κ3) is 2.60. The molecule has 5 heteroatoms. The number of aryl methyl sites for hydroxylation is 1. The zero-order chi connectivity index (χ0) is 15.7. The summed E-state index contributed by atoms with van der Waals surface area (Å²) in [5.41, 5.74) is 1.92. The molecule has 2 aromatic rings. The summed E-state index contributed by atoms with van der Waals surface area (Å²) in [7, 11) is 0. The maximum absolute atomic E-state index is 12.2. The van der Waals surface area contributed by atoms with E-state index in [1.807, 2.05) is 37.1 Å². The minimum atomic E-state index is 0.0647. The minimum absolute atomic E-state index is 0.0647.